The van der Waals surface area contributed by atoms with Crippen molar-refractivity contribution in [3.8, 4) is 0 Å². The molecule has 2 amide bonds. The highest BCUT2D eigenvalue weighted by Gasteiger charge is 2.43. The third kappa shape index (κ3) is 2.52. The number of amides is 2. The quantitative estimate of drug-likeness (QED) is 0.618. The van der Waals surface area contributed by atoms with E-state index in [-0.39, 0.29) is 18.6 Å². The van der Waals surface area contributed by atoms with Crippen LogP contribution in [0.4, 0.5) is 4.79 Å². The lowest BCUT2D eigenvalue weighted by molar-refractivity contribution is -0.132. The normalized spacial score (nSPS) is 24.9. The first-order chi connectivity index (χ1) is 7.88. The summed E-state index contributed by atoms with van der Waals surface area (Å²) in [5.41, 5.74) is -0.553. The predicted molar refractivity (Wildman–Crippen MR) is 59.3 cm³/mol. The second-order valence-corrected chi connectivity index (χ2v) is 5.25. The minimum absolute atomic E-state index is 0.0378. The van der Waals surface area contributed by atoms with Gasteiger partial charge >= 0.3 is 6.09 Å². The molecule has 2 aliphatic heterocycles. The smallest absolute Gasteiger partial charge is 0.412 e. The van der Waals surface area contributed by atoms with Gasteiger partial charge in [0.05, 0.1) is 13.2 Å². The number of ether oxygens (including phenoxy) is 2. The van der Waals surface area contributed by atoms with E-state index in [9.17, 15) is 9.59 Å². The van der Waals surface area contributed by atoms with Gasteiger partial charge in [-0.15, -0.1) is 0 Å². The Morgan fingerprint density at radius 1 is 1.47 bits per heavy atom. The first-order valence-electron chi connectivity index (χ1n) is 5.75. The molecular weight excluding hydrogens is 224 g/mol. The number of carbonyl (C=O) groups excluding carboxylic acids is 2. The van der Waals surface area contributed by atoms with E-state index in [1.54, 1.807) is 25.7 Å². The minimum atomic E-state index is -0.553. The van der Waals surface area contributed by atoms with Crippen molar-refractivity contribution in [1.29, 1.82) is 0 Å². The monoisotopic (exact) mass is 242 g/mol. The highest BCUT2D eigenvalue weighted by atomic mass is 16.6. The standard InChI is InChI=1S/C11H18N2O4/c1-11(2,3)17-10(15)13-6-9(14)12-4-5-16-7-8(12)13/h8H,4-7H2,1-3H3. The highest BCUT2D eigenvalue weighted by Crippen LogP contribution is 2.21. The second-order valence-electron chi connectivity index (χ2n) is 5.25. The van der Waals surface area contributed by atoms with Gasteiger partial charge in [-0.05, 0) is 20.8 Å². The van der Waals surface area contributed by atoms with E-state index in [4.69, 9.17) is 9.47 Å². The van der Waals surface area contributed by atoms with Crippen molar-refractivity contribution in [2.45, 2.75) is 32.5 Å². The summed E-state index contributed by atoms with van der Waals surface area (Å²) in [6.45, 7) is 6.94. The summed E-state index contributed by atoms with van der Waals surface area (Å²) >= 11 is 0. The molecule has 0 bridgehead atoms. The molecule has 0 saturated carbocycles. The molecule has 1 atom stereocenters. The van der Waals surface area contributed by atoms with E-state index in [0.29, 0.717) is 19.8 Å². The second kappa shape index (κ2) is 4.18. The fourth-order valence-corrected chi connectivity index (χ4v) is 1.99. The third-order valence-corrected chi connectivity index (χ3v) is 2.72. The minimum Gasteiger partial charge on any atom is -0.444 e. The van der Waals surface area contributed by atoms with Gasteiger partial charge in [0.2, 0.25) is 5.91 Å². The summed E-state index contributed by atoms with van der Waals surface area (Å²) < 4.78 is 10.6. The molecule has 2 fully saturated rings. The lowest BCUT2D eigenvalue weighted by atomic mass is 10.2. The van der Waals surface area contributed by atoms with Gasteiger partial charge in [0.1, 0.15) is 18.3 Å². The lowest BCUT2D eigenvalue weighted by Gasteiger charge is -2.34. The molecule has 6 heteroatoms. The zero-order chi connectivity index (χ0) is 12.6. The molecule has 2 rings (SSSR count). The van der Waals surface area contributed by atoms with Gasteiger partial charge < -0.3 is 14.4 Å². The maximum atomic E-state index is 11.9. The molecule has 2 heterocycles. The van der Waals surface area contributed by atoms with Crippen LogP contribution in [0.25, 0.3) is 0 Å². The lowest BCUT2D eigenvalue weighted by Crippen LogP contribution is -2.50. The number of nitrogens with zero attached hydrogens (tertiary/aromatic N) is 2. The van der Waals surface area contributed by atoms with Crippen LogP contribution in [-0.4, -0.2) is 59.9 Å². The third-order valence-electron chi connectivity index (χ3n) is 2.72. The summed E-state index contributed by atoms with van der Waals surface area (Å²) in [4.78, 5) is 26.8. The number of hydrogen-bond acceptors (Lipinski definition) is 4. The van der Waals surface area contributed by atoms with Gasteiger partial charge in [-0.1, -0.05) is 0 Å². The fraction of sp³-hybridized carbons (Fsp3) is 0.818. The molecule has 0 radical (unpaired) electrons. The van der Waals surface area contributed by atoms with Gasteiger partial charge in [0.15, 0.2) is 0 Å². The van der Waals surface area contributed by atoms with Crippen LogP contribution in [0.3, 0.4) is 0 Å². The van der Waals surface area contributed by atoms with E-state index in [1.165, 1.54) is 4.90 Å². The zero-order valence-corrected chi connectivity index (χ0v) is 10.4. The predicted octanol–water partition coefficient (Wildman–Crippen LogP) is 0.422. The van der Waals surface area contributed by atoms with Crippen molar-refractivity contribution in [2.24, 2.45) is 0 Å². The zero-order valence-electron chi connectivity index (χ0n) is 10.4. The molecule has 96 valence electrons. The van der Waals surface area contributed by atoms with Crippen LogP contribution in [0.1, 0.15) is 20.8 Å². The average Bonchev–Trinajstić information content (AvgIpc) is 2.55. The largest absolute Gasteiger partial charge is 0.444 e. The van der Waals surface area contributed by atoms with Crippen molar-refractivity contribution >= 4 is 12.0 Å². The number of carbonyl (C=O) groups is 2. The van der Waals surface area contributed by atoms with Gasteiger partial charge in [-0.3, -0.25) is 9.69 Å². The van der Waals surface area contributed by atoms with Crippen LogP contribution in [-0.2, 0) is 14.3 Å². The molecule has 0 aromatic rings. The Bertz CT molecular complexity index is 337. The van der Waals surface area contributed by atoms with Crippen LogP contribution in [0.2, 0.25) is 0 Å². The number of morpholine rings is 1. The Morgan fingerprint density at radius 3 is 2.82 bits per heavy atom. The molecule has 2 aliphatic rings. The molecule has 0 spiro atoms. The van der Waals surface area contributed by atoms with Gasteiger partial charge in [0.25, 0.3) is 0 Å². The van der Waals surface area contributed by atoms with Crippen molar-refractivity contribution in [3.63, 3.8) is 0 Å². The summed E-state index contributed by atoms with van der Waals surface area (Å²) in [5, 5.41) is 0. The van der Waals surface area contributed by atoms with E-state index in [0.717, 1.165) is 0 Å². The van der Waals surface area contributed by atoms with Gasteiger partial charge in [-0.25, -0.2) is 4.79 Å². The summed E-state index contributed by atoms with van der Waals surface area (Å²) in [7, 11) is 0. The fourth-order valence-electron chi connectivity index (χ4n) is 1.99. The van der Waals surface area contributed by atoms with Crippen LogP contribution < -0.4 is 0 Å². The number of rotatable bonds is 0. The van der Waals surface area contributed by atoms with Crippen molar-refractivity contribution in [2.75, 3.05) is 26.3 Å². The molecule has 17 heavy (non-hydrogen) atoms. The first kappa shape index (κ1) is 12.2. The van der Waals surface area contributed by atoms with E-state index in [1.807, 2.05) is 0 Å². The Hall–Kier alpha value is -1.30. The van der Waals surface area contributed by atoms with Crippen molar-refractivity contribution in [3.05, 3.63) is 0 Å². The van der Waals surface area contributed by atoms with Gasteiger partial charge in [0, 0.05) is 6.54 Å². The van der Waals surface area contributed by atoms with Crippen molar-refractivity contribution in [1.82, 2.24) is 9.80 Å². The van der Waals surface area contributed by atoms with Crippen molar-refractivity contribution < 1.29 is 19.1 Å². The summed E-state index contributed by atoms with van der Waals surface area (Å²) in [6, 6.07) is 0. The Labute approximate surface area is 100 Å². The van der Waals surface area contributed by atoms with E-state index in [2.05, 4.69) is 0 Å². The molecule has 0 N–H and O–H groups in total. The van der Waals surface area contributed by atoms with Gasteiger partial charge in [-0.2, -0.15) is 0 Å². The van der Waals surface area contributed by atoms with Crippen LogP contribution in [0, 0.1) is 0 Å². The Morgan fingerprint density at radius 2 is 2.18 bits per heavy atom. The highest BCUT2D eigenvalue weighted by molar-refractivity contribution is 5.86. The SMILES string of the molecule is CC(C)(C)OC(=O)N1CC(=O)N2CCOCC21. The number of hydrogen-bond donors (Lipinski definition) is 0. The Kier molecular flexibility index (Phi) is 2.99. The number of fused-ring (bicyclic) bond motifs is 1. The average molecular weight is 242 g/mol. The Balaban J connectivity index is 2.06. The van der Waals surface area contributed by atoms with Crippen LogP contribution in [0.5, 0.6) is 0 Å². The molecule has 0 aromatic carbocycles. The van der Waals surface area contributed by atoms with Crippen LogP contribution >= 0.6 is 0 Å². The van der Waals surface area contributed by atoms with E-state index >= 15 is 0 Å². The molecule has 6 nitrogen and oxygen atoms in total. The maximum Gasteiger partial charge on any atom is 0.412 e. The van der Waals surface area contributed by atoms with E-state index < -0.39 is 11.7 Å². The molecule has 1 unspecified atom stereocenters. The maximum absolute atomic E-state index is 11.9. The molecule has 2 saturated heterocycles. The topological polar surface area (TPSA) is 59.1 Å². The summed E-state index contributed by atoms with van der Waals surface area (Å²) in [5.74, 6) is -0.0378. The molecule has 0 aliphatic carbocycles. The molecular formula is C11H18N2O4. The molecule has 0 aromatic heterocycles. The first-order valence-corrected chi connectivity index (χ1v) is 5.75. The van der Waals surface area contributed by atoms with Crippen LogP contribution in [0.15, 0.2) is 0 Å². The summed E-state index contributed by atoms with van der Waals surface area (Å²) in [6.07, 6.45) is -0.755.